The van der Waals surface area contributed by atoms with Gasteiger partial charge in [0, 0.05) is 5.56 Å². The first-order chi connectivity index (χ1) is 11.2. The van der Waals surface area contributed by atoms with Crippen LogP contribution in [-0.2, 0) is 4.74 Å². The second-order valence-electron chi connectivity index (χ2n) is 4.82. The summed E-state index contributed by atoms with van der Waals surface area (Å²) >= 11 is 0. The van der Waals surface area contributed by atoms with Gasteiger partial charge in [0.2, 0.25) is 0 Å². The number of benzene rings is 1. The van der Waals surface area contributed by atoms with Crippen LogP contribution in [0.3, 0.4) is 0 Å². The molecule has 112 valence electrons. The van der Waals surface area contributed by atoms with Crippen molar-refractivity contribution in [3.63, 3.8) is 0 Å². The predicted molar refractivity (Wildman–Crippen MR) is 86.6 cm³/mol. The average molecular weight is 303 g/mol. The van der Waals surface area contributed by atoms with Crippen LogP contribution < -0.4 is 5.32 Å². The van der Waals surface area contributed by atoms with Crippen molar-refractivity contribution in [3.05, 3.63) is 65.7 Å². The van der Waals surface area contributed by atoms with Crippen molar-refractivity contribution in [2.75, 3.05) is 12.4 Å². The number of hydrogen-bond acceptors (Lipinski definition) is 5. The molecule has 0 amide bonds. The molecule has 0 saturated heterocycles. The molecule has 0 bridgehead atoms. The van der Waals surface area contributed by atoms with E-state index in [4.69, 9.17) is 4.74 Å². The Hall–Kier alpha value is -3.39. The summed E-state index contributed by atoms with van der Waals surface area (Å²) in [6.07, 6.45) is 0. The number of rotatable bonds is 3. The number of hydrogen-bond donors (Lipinski definition) is 1. The summed E-state index contributed by atoms with van der Waals surface area (Å²) in [4.78, 5) is 16.3. The predicted octanol–water partition coefficient (Wildman–Crippen LogP) is 3.59. The van der Waals surface area contributed by atoms with Crippen molar-refractivity contribution in [1.82, 2.24) is 4.98 Å². The summed E-state index contributed by atoms with van der Waals surface area (Å²) in [5.74, 6) is -0.0285. The zero-order valence-electron chi connectivity index (χ0n) is 12.4. The number of nitriles is 1. The van der Waals surface area contributed by atoms with Gasteiger partial charge in [-0.3, -0.25) is 0 Å². The Balaban J connectivity index is 2.09. The number of para-hydroxylation sites is 1. The van der Waals surface area contributed by atoms with Gasteiger partial charge in [0.25, 0.3) is 0 Å². The van der Waals surface area contributed by atoms with Crippen LogP contribution in [-0.4, -0.2) is 18.1 Å². The number of ether oxygens (including phenoxy) is 1. The Morgan fingerprint density at radius 1 is 1.13 bits per heavy atom. The standard InChI is InChI=1S/C18H13N3O2/c1-23-18(22)13-8-5-6-10-16(13)21-17-14(11-19)12-7-3-2-4-9-15(12)20-17/h2-10H,1H3,(H,20,21). The summed E-state index contributed by atoms with van der Waals surface area (Å²) < 4.78 is 4.78. The van der Waals surface area contributed by atoms with Gasteiger partial charge < -0.3 is 10.1 Å². The number of carbonyl (C=O) groups is 1. The summed E-state index contributed by atoms with van der Waals surface area (Å²) in [6, 6.07) is 18.4. The van der Waals surface area contributed by atoms with E-state index in [0.29, 0.717) is 28.3 Å². The molecule has 23 heavy (non-hydrogen) atoms. The molecule has 2 aliphatic rings. The minimum absolute atomic E-state index is 0.386. The number of aromatic nitrogens is 1. The molecule has 5 nitrogen and oxygen atoms in total. The van der Waals surface area contributed by atoms with E-state index in [1.807, 2.05) is 30.3 Å². The van der Waals surface area contributed by atoms with Crippen molar-refractivity contribution >= 4 is 17.5 Å². The van der Waals surface area contributed by atoms with Gasteiger partial charge in [-0.2, -0.15) is 5.26 Å². The number of nitrogens with zero attached hydrogens (tertiary/aromatic N) is 2. The molecule has 3 rings (SSSR count). The lowest BCUT2D eigenvalue weighted by molar-refractivity contribution is 0.0602. The SMILES string of the molecule is COC(=O)c1ccccc1Nc1nc2cccccc-2c1C#N. The van der Waals surface area contributed by atoms with Crippen molar-refractivity contribution < 1.29 is 9.53 Å². The molecule has 5 heteroatoms. The van der Waals surface area contributed by atoms with Crippen LogP contribution in [0.1, 0.15) is 15.9 Å². The van der Waals surface area contributed by atoms with Gasteiger partial charge >= 0.3 is 5.97 Å². The van der Waals surface area contributed by atoms with Crippen molar-refractivity contribution in [2.45, 2.75) is 0 Å². The van der Waals surface area contributed by atoms with Gasteiger partial charge in [-0.05, 0) is 18.2 Å². The fourth-order valence-corrected chi connectivity index (χ4v) is 2.36. The highest BCUT2D eigenvalue weighted by Gasteiger charge is 2.19. The lowest BCUT2D eigenvalue weighted by Crippen LogP contribution is -2.05. The van der Waals surface area contributed by atoms with Gasteiger partial charge in [-0.15, -0.1) is 0 Å². The highest BCUT2D eigenvalue weighted by atomic mass is 16.5. The molecule has 0 atom stereocenters. The van der Waals surface area contributed by atoms with E-state index in [-0.39, 0.29) is 0 Å². The molecule has 0 spiro atoms. The Morgan fingerprint density at radius 2 is 1.87 bits per heavy atom. The zero-order valence-corrected chi connectivity index (χ0v) is 12.4. The third kappa shape index (κ3) is 2.70. The molecular weight excluding hydrogens is 290 g/mol. The molecule has 0 fully saturated rings. The van der Waals surface area contributed by atoms with E-state index in [9.17, 15) is 10.1 Å². The Kier molecular flexibility index (Phi) is 3.89. The fourth-order valence-electron chi connectivity index (χ4n) is 2.36. The largest absolute Gasteiger partial charge is 0.465 e. The number of nitrogens with one attached hydrogen (secondary N) is 1. The van der Waals surface area contributed by atoms with Crippen LogP contribution in [0.5, 0.6) is 0 Å². The number of methoxy groups -OCH3 is 1. The zero-order chi connectivity index (χ0) is 16.2. The number of carbonyl (C=O) groups excluding carboxylic acids is 1. The second-order valence-corrected chi connectivity index (χ2v) is 4.82. The first-order valence-corrected chi connectivity index (χ1v) is 6.98. The second kappa shape index (κ2) is 6.16. The quantitative estimate of drug-likeness (QED) is 0.748. The molecule has 1 aliphatic heterocycles. The maximum Gasteiger partial charge on any atom is 0.339 e. The molecule has 1 aliphatic carbocycles. The maximum absolute atomic E-state index is 11.8. The van der Waals surface area contributed by atoms with E-state index in [1.54, 1.807) is 24.3 Å². The maximum atomic E-state index is 11.8. The van der Waals surface area contributed by atoms with Crippen LogP contribution in [0.4, 0.5) is 11.5 Å². The molecule has 1 N–H and O–H groups in total. The third-order valence-corrected chi connectivity index (χ3v) is 3.45. The van der Waals surface area contributed by atoms with Crippen molar-refractivity contribution in [1.29, 1.82) is 5.26 Å². The van der Waals surface area contributed by atoms with Gasteiger partial charge in [-0.25, -0.2) is 9.78 Å². The molecule has 1 heterocycles. The topological polar surface area (TPSA) is 75.0 Å². The lowest BCUT2D eigenvalue weighted by Gasteiger charge is -2.08. The van der Waals surface area contributed by atoms with E-state index in [0.717, 1.165) is 5.56 Å². The third-order valence-electron chi connectivity index (χ3n) is 3.45. The monoisotopic (exact) mass is 303 g/mol. The highest BCUT2D eigenvalue weighted by Crippen LogP contribution is 2.32. The normalized spacial score (nSPS) is 10.1. The molecular formula is C18H13N3O2. The molecule has 0 radical (unpaired) electrons. The molecule has 1 aromatic carbocycles. The highest BCUT2D eigenvalue weighted by molar-refractivity contribution is 5.97. The Bertz CT molecular complexity index is 884. The van der Waals surface area contributed by atoms with E-state index in [2.05, 4.69) is 16.4 Å². The fraction of sp³-hybridized carbons (Fsp3) is 0.0556. The van der Waals surface area contributed by atoms with Crippen LogP contribution >= 0.6 is 0 Å². The van der Waals surface area contributed by atoms with E-state index >= 15 is 0 Å². The first kappa shape index (κ1) is 14.5. The van der Waals surface area contributed by atoms with Crippen molar-refractivity contribution in [2.24, 2.45) is 0 Å². The average Bonchev–Trinajstić information content (AvgIpc) is 2.74. The molecule has 0 aromatic heterocycles. The minimum Gasteiger partial charge on any atom is -0.465 e. The number of anilines is 2. The van der Waals surface area contributed by atoms with Gasteiger partial charge in [0.15, 0.2) is 0 Å². The molecule has 1 aromatic rings. The van der Waals surface area contributed by atoms with Gasteiger partial charge in [-0.1, -0.05) is 36.4 Å². The van der Waals surface area contributed by atoms with E-state index < -0.39 is 5.97 Å². The summed E-state index contributed by atoms with van der Waals surface area (Å²) in [7, 11) is 1.33. The van der Waals surface area contributed by atoms with Gasteiger partial charge in [0.05, 0.1) is 24.1 Å². The van der Waals surface area contributed by atoms with E-state index in [1.165, 1.54) is 7.11 Å². The van der Waals surface area contributed by atoms with Crippen LogP contribution in [0.15, 0.2) is 54.6 Å². The first-order valence-electron chi connectivity index (χ1n) is 6.98. The Labute approximate surface area is 133 Å². The van der Waals surface area contributed by atoms with Crippen LogP contribution in [0, 0.1) is 11.3 Å². The van der Waals surface area contributed by atoms with Crippen molar-refractivity contribution in [3.8, 4) is 17.3 Å². The minimum atomic E-state index is -0.450. The number of esters is 1. The van der Waals surface area contributed by atoms with Crippen LogP contribution in [0.25, 0.3) is 11.3 Å². The summed E-state index contributed by atoms with van der Waals surface area (Å²) in [5.41, 5.74) is 2.84. The number of fused-ring (bicyclic) bond motifs is 1. The van der Waals surface area contributed by atoms with Crippen LogP contribution in [0.2, 0.25) is 0 Å². The lowest BCUT2D eigenvalue weighted by atomic mass is 10.1. The molecule has 0 saturated carbocycles. The van der Waals surface area contributed by atoms with Gasteiger partial charge in [0.1, 0.15) is 17.5 Å². The molecule has 0 unspecified atom stereocenters. The summed E-state index contributed by atoms with van der Waals surface area (Å²) in [6.45, 7) is 0. The smallest absolute Gasteiger partial charge is 0.339 e. The Morgan fingerprint density at radius 3 is 2.65 bits per heavy atom. The summed E-state index contributed by atoms with van der Waals surface area (Å²) in [5, 5.41) is 12.5.